The van der Waals surface area contributed by atoms with Gasteiger partial charge in [0, 0.05) is 0 Å². The Hall–Kier alpha value is -2.90. The molecule has 4 rings (SSSR count). The molecule has 0 radical (unpaired) electrons. The van der Waals surface area contributed by atoms with Crippen LogP contribution in [0.25, 0.3) is 11.6 Å². The van der Waals surface area contributed by atoms with Gasteiger partial charge in [-0.1, -0.05) is 91.0 Å². The summed E-state index contributed by atoms with van der Waals surface area (Å²) in [6.07, 6.45) is 2.24. The van der Waals surface area contributed by atoms with E-state index in [1.54, 1.807) is 0 Å². The van der Waals surface area contributed by atoms with Gasteiger partial charge in [-0.2, -0.15) is 0 Å². The van der Waals surface area contributed by atoms with Crippen LogP contribution in [-0.2, 0) is 4.74 Å². The lowest BCUT2D eigenvalue weighted by atomic mass is 9.90. The number of rotatable bonds is 3. The molecular formula is C24H20O. The lowest BCUT2D eigenvalue weighted by molar-refractivity contribution is 0.215. The van der Waals surface area contributed by atoms with Crippen molar-refractivity contribution in [2.75, 3.05) is 13.2 Å². The maximum atomic E-state index is 5.84. The molecule has 0 bridgehead atoms. The Bertz CT molecular complexity index is 849. The average molecular weight is 324 g/mol. The molecule has 0 aliphatic carbocycles. The highest BCUT2D eigenvalue weighted by Gasteiger charge is 2.20. The van der Waals surface area contributed by atoms with Crippen molar-refractivity contribution in [3.05, 3.63) is 119 Å². The molecule has 1 fully saturated rings. The van der Waals surface area contributed by atoms with Crippen molar-refractivity contribution in [2.45, 2.75) is 0 Å². The summed E-state index contributed by atoms with van der Waals surface area (Å²) in [5.74, 6) is 0. The second-order valence-corrected chi connectivity index (χ2v) is 6.16. The van der Waals surface area contributed by atoms with Crippen molar-refractivity contribution in [3.63, 3.8) is 0 Å². The molecule has 0 atom stereocenters. The van der Waals surface area contributed by atoms with Gasteiger partial charge in [0.25, 0.3) is 0 Å². The highest BCUT2D eigenvalue weighted by Crippen LogP contribution is 2.34. The molecule has 3 aromatic rings. The molecule has 0 amide bonds. The van der Waals surface area contributed by atoms with Gasteiger partial charge in [0.2, 0.25) is 0 Å². The third kappa shape index (κ3) is 3.47. The highest BCUT2D eigenvalue weighted by molar-refractivity contribution is 5.86. The summed E-state index contributed by atoms with van der Waals surface area (Å²) in [7, 11) is 0. The van der Waals surface area contributed by atoms with Gasteiger partial charge in [0.1, 0.15) is 0 Å². The molecule has 1 aliphatic rings. The van der Waals surface area contributed by atoms with Crippen molar-refractivity contribution in [1.82, 2.24) is 0 Å². The first-order valence-corrected chi connectivity index (χ1v) is 8.59. The van der Waals surface area contributed by atoms with E-state index in [9.17, 15) is 0 Å². The second kappa shape index (κ2) is 7.33. The monoisotopic (exact) mass is 324 g/mol. The van der Waals surface area contributed by atoms with Crippen molar-refractivity contribution >= 4 is 11.6 Å². The van der Waals surface area contributed by atoms with Crippen LogP contribution in [0.1, 0.15) is 16.7 Å². The topological polar surface area (TPSA) is 9.23 Å². The van der Waals surface area contributed by atoms with Gasteiger partial charge in [-0.15, -0.1) is 0 Å². The quantitative estimate of drug-likeness (QED) is 0.609. The maximum Gasteiger partial charge on any atom is 0.0731 e. The molecule has 0 unspecified atom stereocenters. The molecule has 1 heteroatoms. The molecule has 0 aromatic heterocycles. The average Bonchev–Trinajstić information content (AvgIpc) is 3.12. The van der Waals surface area contributed by atoms with E-state index in [1.807, 2.05) is 6.07 Å². The van der Waals surface area contributed by atoms with Gasteiger partial charge in [-0.05, 0) is 39.5 Å². The van der Waals surface area contributed by atoms with E-state index >= 15 is 0 Å². The van der Waals surface area contributed by atoms with E-state index < -0.39 is 0 Å². The van der Waals surface area contributed by atoms with E-state index in [4.69, 9.17) is 4.74 Å². The van der Waals surface area contributed by atoms with Crippen LogP contribution in [0, 0.1) is 0 Å². The van der Waals surface area contributed by atoms with Crippen LogP contribution >= 0.6 is 0 Å². The minimum absolute atomic E-state index is 0.651. The first kappa shape index (κ1) is 15.6. The molecule has 1 saturated heterocycles. The largest absolute Gasteiger partial charge is 0.372 e. The van der Waals surface area contributed by atoms with Crippen LogP contribution in [-0.4, -0.2) is 13.2 Å². The van der Waals surface area contributed by atoms with Crippen LogP contribution < -0.4 is 0 Å². The molecule has 25 heavy (non-hydrogen) atoms. The Labute approximate surface area is 148 Å². The predicted molar refractivity (Wildman–Crippen MR) is 104 cm³/mol. The highest BCUT2D eigenvalue weighted by atomic mass is 16.5. The molecule has 0 spiro atoms. The minimum atomic E-state index is 0.651. The lowest BCUT2D eigenvalue weighted by Gasteiger charge is -2.13. The summed E-state index contributed by atoms with van der Waals surface area (Å²) in [6.45, 7) is 1.31. The summed E-state index contributed by atoms with van der Waals surface area (Å²) >= 11 is 0. The van der Waals surface area contributed by atoms with Crippen LogP contribution in [0.2, 0.25) is 0 Å². The number of benzene rings is 3. The van der Waals surface area contributed by atoms with Gasteiger partial charge in [-0.3, -0.25) is 0 Å². The molecule has 1 aliphatic heterocycles. The Morgan fingerprint density at radius 2 is 1.16 bits per heavy atom. The zero-order valence-electron chi connectivity index (χ0n) is 14.1. The van der Waals surface area contributed by atoms with Gasteiger partial charge in [0.05, 0.1) is 13.2 Å². The summed E-state index contributed by atoms with van der Waals surface area (Å²) < 4.78 is 5.84. The first-order chi connectivity index (χ1) is 12.4. The van der Waals surface area contributed by atoms with E-state index in [0.29, 0.717) is 13.2 Å². The fraction of sp³-hybridized carbons (Fsp3) is 0.0833. The summed E-state index contributed by atoms with van der Waals surface area (Å²) in [5, 5.41) is 0. The van der Waals surface area contributed by atoms with Crippen LogP contribution in [0.15, 0.2) is 102 Å². The number of hydrogen-bond donors (Lipinski definition) is 0. The van der Waals surface area contributed by atoms with Crippen molar-refractivity contribution in [2.24, 2.45) is 0 Å². The van der Waals surface area contributed by atoms with Crippen molar-refractivity contribution in [3.8, 4) is 0 Å². The third-order valence-electron chi connectivity index (χ3n) is 4.46. The Kier molecular flexibility index (Phi) is 4.58. The Morgan fingerprint density at radius 3 is 1.72 bits per heavy atom. The van der Waals surface area contributed by atoms with Crippen LogP contribution in [0.4, 0.5) is 0 Å². The van der Waals surface area contributed by atoms with E-state index in [1.165, 1.54) is 33.4 Å². The predicted octanol–water partition coefficient (Wildman–Crippen LogP) is 5.60. The normalized spacial score (nSPS) is 15.5. The standard InChI is InChI=1S/C24H20O/c1-4-10-19(11-5-1)16-22-17-25-18-23(22)24(20-12-6-2-7-13-20)21-14-8-3-9-15-21/h1-16H,17-18H2/b22-16+. The van der Waals surface area contributed by atoms with Gasteiger partial charge in [0.15, 0.2) is 0 Å². The summed E-state index contributed by atoms with van der Waals surface area (Å²) in [5.41, 5.74) is 7.47. The fourth-order valence-electron chi connectivity index (χ4n) is 3.28. The first-order valence-electron chi connectivity index (χ1n) is 8.59. The molecular weight excluding hydrogens is 304 g/mol. The zero-order valence-corrected chi connectivity index (χ0v) is 14.1. The molecule has 3 aromatic carbocycles. The van der Waals surface area contributed by atoms with Crippen LogP contribution in [0.3, 0.4) is 0 Å². The Balaban J connectivity index is 1.89. The fourth-order valence-corrected chi connectivity index (χ4v) is 3.28. The van der Waals surface area contributed by atoms with Gasteiger partial charge >= 0.3 is 0 Å². The van der Waals surface area contributed by atoms with Crippen molar-refractivity contribution < 1.29 is 4.74 Å². The number of ether oxygens (including phenoxy) is 1. The van der Waals surface area contributed by atoms with E-state index in [2.05, 4.69) is 91.0 Å². The molecule has 122 valence electrons. The lowest BCUT2D eigenvalue weighted by Crippen LogP contribution is -1.97. The molecule has 0 saturated carbocycles. The molecule has 1 heterocycles. The molecule has 0 N–H and O–H groups in total. The summed E-state index contributed by atoms with van der Waals surface area (Å²) in [6, 6.07) is 31.6. The molecule has 1 nitrogen and oxygen atoms in total. The van der Waals surface area contributed by atoms with E-state index in [0.717, 1.165) is 0 Å². The maximum absolute atomic E-state index is 5.84. The second-order valence-electron chi connectivity index (χ2n) is 6.16. The van der Waals surface area contributed by atoms with E-state index in [-0.39, 0.29) is 0 Å². The van der Waals surface area contributed by atoms with Gasteiger partial charge < -0.3 is 4.74 Å². The van der Waals surface area contributed by atoms with Gasteiger partial charge in [-0.25, -0.2) is 0 Å². The zero-order chi connectivity index (χ0) is 16.9. The smallest absolute Gasteiger partial charge is 0.0731 e. The van der Waals surface area contributed by atoms with Crippen LogP contribution in [0.5, 0.6) is 0 Å². The SMILES string of the molecule is C(=C1/COCC1=C(c1ccccc1)c1ccccc1)/c1ccccc1. The minimum Gasteiger partial charge on any atom is -0.372 e. The Morgan fingerprint density at radius 1 is 0.640 bits per heavy atom. The number of hydrogen-bond acceptors (Lipinski definition) is 1. The van der Waals surface area contributed by atoms with Crippen molar-refractivity contribution in [1.29, 1.82) is 0 Å². The summed E-state index contributed by atoms with van der Waals surface area (Å²) in [4.78, 5) is 0. The third-order valence-corrected chi connectivity index (χ3v) is 4.46.